The third-order valence-electron chi connectivity index (χ3n) is 4.60. The molecule has 164 valence electrons. The highest BCUT2D eigenvalue weighted by molar-refractivity contribution is 7.92. The van der Waals surface area contributed by atoms with Gasteiger partial charge in [0.2, 0.25) is 5.88 Å². The quantitative estimate of drug-likeness (QED) is 0.467. The number of hydrogen-bond acceptors (Lipinski definition) is 6. The average Bonchev–Trinajstić information content (AvgIpc) is 3.08. The minimum Gasteiger partial charge on any atom is -0.438 e. The zero-order chi connectivity index (χ0) is 22.9. The third-order valence-corrected chi connectivity index (χ3v) is 5.96. The first-order valence-electron chi connectivity index (χ1n) is 9.33. The van der Waals surface area contributed by atoms with E-state index in [0.29, 0.717) is 17.6 Å². The normalized spacial score (nSPS) is 11.4. The Morgan fingerprint density at radius 1 is 0.938 bits per heavy atom. The molecule has 0 bridgehead atoms. The van der Waals surface area contributed by atoms with Crippen molar-refractivity contribution in [3.05, 3.63) is 83.9 Å². The number of aryl methyl sites for hydroxylation is 1. The van der Waals surface area contributed by atoms with E-state index in [0.717, 1.165) is 23.5 Å². The molecular weight excluding hydrogens is 440 g/mol. The van der Waals surface area contributed by atoms with Crippen molar-refractivity contribution in [3.63, 3.8) is 0 Å². The number of benzene rings is 2. The number of aromatic nitrogens is 4. The summed E-state index contributed by atoms with van der Waals surface area (Å²) in [5.41, 5.74) is 2.03. The van der Waals surface area contributed by atoms with Crippen molar-refractivity contribution in [3.8, 4) is 17.4 Å². The van der Waals surface area contributed by atoms with Gasteiger partial charge in [-0.05, 0) is 56.3 Å². The molecule has 0 saturated carbocycles. The second-order valence-corrected chi connectivity index (χ2v) is 8.53. The molecule has 0 unspecified atom stereocenters. The summed E-state index contributed by atoms with van der Waals surface area (Å²) in [5.74, 6) is -0.749. The fourth-order valence-corrected chi connectivity index (χ4v) is 3.93. The lowest BCUT2D eigenvalue weighted by atomic mass is 10.3. The molecule has 0 fully saturated rings. The van der Waals surface area contributed by atoms with Crippen molar-refractivity contribution in [2.24, 2.45) is 0 Å². The van der Waals surface area contributed by atoms with Gasteiger partial charge in [0, 0.05) is 23.5 Å². The maximum atomic E-state index is 13.3. The molecule has 8 nitrogen and oxygen atoms in total. The summed E-state index contributed by atoms with van der Waals surface area (Å²) in [5, 5.41) is 8.16. The van der Waals surface area contributed by atoms with E-state index in [9.17, 15) is 17.2 Å². The first-order valence-corrected chi connectivity index (χ1v) is 10.8. The van der Waals surface area contributed by atoms with E-state index < -0.39 is 26.6 Å². The Bertz CT molecular complexity index is 1350. The van der Waals surface area contributed by atoms with Crippen LogP contribution in [0.4, 0.5) is 14.5 Å². The van der Waals surface area contributed by atoms with Gasteiger partial charge in [-0.15, -0.1) is 10.2 Å². The van der Waals surface area contributed by atoms with Crippen LogP contribution >= 0.6 is 0 Å². The SMILES string of the molecule is Cc1ncn(-c2ccc(Oc3ccc(NS(=O)(=O)c4cc(F)cc(F)c4)cc3)nn2)c1C. The summed E-state index contributed by atoms with van der Waals surface area (Å²) in [6.45, 7) is 3.83. The molecule has 0 amide bonds. The molecule has 0 saturated heterocycles. The van der Waals surface area contributed by atoms with Crippen LogP contribution in [-0.4, -0.2) is 28.2 Å². The van der Waals surface area contributed by atoms with Gasteiger partial charge in [0.25, 0.3) is 10.0 Å². The van der Waals surface area contributed by atoms with Gasteiger partial charge in [-0.1, -0.05) is 0 Å². The maximum Gasteiger partial charge on any atom is 0.262 e. The Hall–Kier alpha value is -3.86. The number of halogens is 2. The van der Waals surface area contributed by atoms with Crippen molar-refractivity contribution < 1.29 is 21.9 Å². The largest absolute Gasteiger partial charge is 0.438 e. The second kappa shape index (κ2) is 8.35. The van der Waals surface area contributed by atoms with Crippen LogP contribution in [0.1, 0.15) is 11.4 Å². The van der Waals surface area contributed by atoms with Crippen LogP contribution in [0.3, 0.4) is 0 Å². The van der Waals surface area contributed by atoms with Crippen LogP contribution in [0.25, 0.3) is 5.82 Å². The Labute approximate surface area is 182 Å². The summed E-state index contributed by atoms with van der Waals surface area (Å²) in [7, 11) is -4.16. The van der Waals surface area contributed by atoms with Gasteiger partial charge >= 0.3 is 0 Å². The summed E-state index contributed by atoms with van der Waals surface area (Å²) in [6, 6.07) is 11.4. The van der Waals surface area contributed by atoms with Crippen LogP contribution in [0.5, 0.6) is 11.6 Å². The number of ether oxygens (including phenoxy) is 1. The van der Waals surface area contributed by atoms with Gasteiger partial charge in [-0.25, -0.2) is 22.2 Å². The van der Waals surface area contributed by atoms with Crippen LogP contribution in [-0.2, 0) is 10.0 Å². The molecule has 0 aliphatic rings. The first kappa shape index (κ1) is 21.4. The molecule has 11 heteroatoms. The molecule has 0 atom stereocenters. The number of anilines is 1. The zero-order valence-corrected chi connectivity index (χ0v) is 17.8. The maximum absolute atomic E-state index is 13.3. The van der Waals surface area contributed by atoms with Gasteiger partial charge in [0.1, 0.15) is 23.7 Å². The van der Waals surface area contributed by atoms with Crippen molar-refractivity contribution in [2.45, 2.75) is 18.7 Å². The van der Waals surface area contributed by atoms with E-state index >= 15 is 0 Å². The number of sulfonamides is 1. The van der Waals surface area contributed by atoms with Gasteiger partial charge < -0.3 is 4.74 Å². The molecule has 32 heavy (non-hydrogen) atoms. The molecule has 0 aliphatic carbocycles. The molecular formula is C21H17F2N5O3S. The molecule has 2 aromatic carbocycles. The first-order chi connectivity index (χ1) is 15.2. The van der Waals surface area contributed by atoms with Crippen molar-refractivity contribution in [1.82, 2.24) is 19.7 Å². The average molecular weight is 457 g/mol. The van der Waals surface area contributed by atoms with Gasteiger partial charge in [0.15, 0.2) is 5.82 Å². The minimum absolute atomic E-state index is 0.189. The van der Waals surface area contributed by atoms with E-state index in [-0.39, 0.29) is 11.6 Å². The fourth-order valence-electron chi connectivity index (χ4n) is 2.84. The van der Waals surface area contributed by atoms with Crippen LogP contribution in [0.2, 0.25) is 0 Å². The number of imidazole rings is 1. The Morgan fingerprint density at radius 3 is 2.19 bits per heavy atom. The number of hydrogen-bond donors (Lipinski definition) is 1. The lowest BCUT2D eigenvalue weighted by Gasteiger charge is -2.10. The molecule has 0 aliphatic heterocycles. The van der Waals surface area contributed by atoms with E-state index in [1.54, 1.807) is 23.0 Å². The molecule has 4 aromatic rings. The highest BCUT2D eigenvalue weighted by atomic mass is 32.2. The summed E-state index contributed by atoms with van der Waals surface area (Å²) in [6.07, 6.45) is 1.66. The Morgan fingerprint density at radius 2 is 1.62 bits per heavy atom. The Kier molecular flexibility index (Phi) is 5.57. The number of nitrogens with zero attached hydrogens (tertiary/aromatic N) is 4. The molecule has 0 spiro atoms. The van der Waals surface area contributed by atoms with Crippen molar-refractivity contribution in [1.29, 1.82) is 0 Å². The number of rotatable bonds is 6. The van der Waals surface area contributed by atoms with Gasteiger partial charge in [-0.3, -0.25) is 9.29 Å². The smallest absolute Gasteiger partial charge is 0.262 e. The van der Waals surface area contributed by atoms with Crippen molar-refractivity contribution >= 4 is 15.7 Å². The molecule has 1 N–H and O–H groups in total. The van der Waals surface area contributed by atoms with Crippen LogP contribution in [0.15, 0.2) is 65.8 Å². The zero-order valence-electron chi connectivity index (χ0n) is 17.0. The lowest BCUT2D eigenvalue weighted by Crippen LogP contribution is -2.13. The van der Waals surface area contributed by atoms with E-state index in [1.165, 1.54) is 24.3 Å². The number of nitrogens with one attached hydrogen (secondary N) is 1. The van der Waals surface area contributed by atoms with Gasteiger partial charge in [0.05, 0.1) is 10.6 Å². The topological polar surface area (TPSA) is 99.0 Å². The summed E-state index contributed by atoms with van der Waals surface area (Å²) < 4.78 is 61.1. The predicted molar refractivity (Wildman–Crippen MR) is 112 cm³/mol. The fraction of sp³-hybridized carbons (Fsp3) is 0.0952. The second-order valence-electron chi connectivity index (χ2n) is 6.85. The van der Waals surface area contributed by atoms with Gasteiger partial charge in [-0.2, -0.15) is 0 Å². The van der Waals surface area contributed by atoms with E-state index in [2.05, 4.69) is 19.9 Å². The Balaban J connectivity index is 1.45. The highest BCUT2D eigenvalue weighted by Gasteiger charge is 2.17. The van der Waals surface area contributed by atoms with E-state index in [4.69, 9.17) is 4.74 Å². The molecule has 0 radical (unpaired) electrons. The molecule has 2 aromatic heterocycles. The monoisotopic (exact) mass is 457 g/mol. The molecule has 4 rings (SSSR count). The van der Waals surface area contributed by atoms with Crippen LogP contribution < -0.4 is 9.46 Å². The molecule has 2 heterocycles. The standard InChI is InChI=1S/C21H17F2N5O3S/c1-13-14(2)28(12-24-13)20-7-8-21(26-25-20)31-18-5-3-17(4-6-18)27-32(29,30)19-10-15(22)9-16(23)11-19/h3-12,27H,1-2H3. The minimum atomic E-state index is -4.16. The summed E-state index contributed by atoms with van der Waals surface area (Å²) >= 11 is 0. The van der Waals surface area contributed by atoms with E-state index in [1.807, 2.05) is 13.8 Å². The highest BCUT2D eigenvalue weighted by Crippen LogP contribution is 2.24. The summed E-state index contributed by atoms with van der Waals surface area (Å²) in [4.78, 5) is 3.70. The predicted octanol–water partition coefficient (Wildman–Crippen LogP) is 4.15. The third kappa shape index (κ3) is 4.57. The van der Waals surface area contributed by atoms with Crippen LogP contribution in [0, 0.1) is 25.5 Å². The van der Waals surface area contributed by atoms with Crippen molar-refractivity contribution in [2.75, 3.05) is 4.72 Å². The lowest BCUT2D eigenvalue weighted by molar-refractivity contribution is 0.454.